The van der Waals surface area contributed by atoms with Crippen molar-refractivity contribution in [2.75, 3.05) is 6.54 Å². The lowest BCUT2D eigenvalue weighted by Gasteiger charge is -2.30. The van der Waals surface area contributed by atoms with E-state index in [9.17, 15) is 14.9 Å². The summed E-state index contributed by atoms with van der Waals surface area (Å²) >= 11 is 0. The van der Waals surface area contributed by atoms with Crippen LogP contribution in [0.5, 0.6) is 0 Å². The van der Waals surface area contributed by atoms with Crippen molar-refractivity contribution in [3.63, 3.8) is 0 Å². The first-order chi connectivity index (χ1) is 11.2. The molecule has 0 spiro atoms. The minimum absolute atomic E-state index is 0.0748. The molecule has 0 bridgehead atoms. The normalized spacial score (nSPS) is 18.8. The molecule has 0 radical (unpaired) electrons. The van der Waals surface area contributed by atoms with E-state index in [0.717, 1.165) is 31.2 Å². The molecule has 0 aliphatic heterocycles. The summed E-state index contributed by atoms with van der Waals surface area (Å²) in [6.45, 7) is 6.25. The Bertz CT molecular complexity index is 640. The molecule has 2 fully saturated rings. The lowest BCUT2D eigenvalue weighted by atomic mass is 9.95. The van der Waals surface area contributed by atoms with E-state index in [1.807, 2.05) is 37.8 Å². The third-order valence-electron chi connectivity index (χ3n) is 4.63. The fraction of sp³-hybridized carbons (Fsp3) is 0.611. The Labute approximate surface area is 141 Å². The number of carbonyl (C=O) groups excluding carboxylic acids is 1. The van der Waals surface area contributed by atoms with Crippen molar-refractivity contribution in [1.82, 2.24) is 4.90 Å². The van der Waals surface area contributed by atoms with E-state index in [1.165, 1.54) is 0 Å². The van der Waals surface area contributed by atoms with E-state index in [2.05, 4.69) is 0 Å². The van der Waals surface area contributed by atoms with Crippen molar-refractivity contribution in [1.29, 1.82) is 0 Å². The summed E-state index contributed by atoms with van der Waals surface area (Å²) < 4.78 is 5.56. The van der Waals surface area contributed by atoms with Gasteiger partial charge in [-0.1, -0.05) is 12.1 Å². The van der Waals surface area contributed by atoms with Crippen LogP contribution in [0.15, 0.2) is 24.3 Å². The first-order valence-electron chi connectivity index (χ1n) is 8.45. The fourth-order valence-corrected chi connectivity index (χ4v) is 3.00. The average molecular weight is 332 g/mol. The standard InChI is InChI=1S/C18H24N2O4/c1-17(2,3)24-16(21)19(14-8-9-14)12-18(10-11-18)13-4-6-15(7-5-13)20(22)23/h4-7,14H,8-12H2,1-3H3. The third kappa shape index (κ3) is 3.68. The number of non-ortho nitro benzene ring substituents is 1. The number of carbonyl (C=O) groups is 1. The quantitative estimate of drug-likeness (QED) is 0.603. The molecule has 0 heterocycles. The van der Waals surface area contributed by atoms with Crippen LogP contribution in [0.1, 0.15) is 52.0 Å². The van der Waals surface area contributed by atoms with E-state index in [0.29, 0.717) is 6.54 Å². The van der Waals surface area contributed by atoms with E-state index in [4.69, 9.17) is 4.74 Å². The molecule has 2 saturated carbocycles. The maximum Gasteiger partial charge on any atom is 0.410 e. The van der Waals surface area contributed by atoms with Gasteiger partial charge < -0.3 is 9.64 Å². The van der Waals surface area contributed by atoms with E-state index in [-0.39, 0.29) is 28.2 Å². The van der Waals surface area contributed by atoms with Crippen LogP contribution in [-0.4, -0.2) is 34.1 Å². The molecule has 130 valence electrons. The Morgan fingerprint density at radius 3 is 2.29 bits per heavy atom. The molecule has 1 aromatic rings. The van der Waals surface area contributed by atoms with Crippen molar-refractivity contribution in [2.45, 2.75) is 63.5 Å². The second-order valence-corrected chi connectivity index (χ2v) is 7.92. The molecule has 0 N–H and O–H groups in total. The SMILES string of the molecule is CC(C)(C)OC(=O)N(CC1(c2ccc([N+](=O)[O-])cc2)CC1)C1CC1. The molecular weight excluding hydrogens is 308 g/mol. The molecule has 2 aliphatic rings. The summed E-state index contributed by atoms with van der Waals surface area (Å²) in [5.41, 5.74) is 0.589. The van der Waals surface area contributed by atoms with Crippen LogP contribution in [-0.2, 0) is 10.2 Å². The fourth-order valence-electron chi connectivity index (χ4n) is 3.00. The Balaban J connectivity index is 1.74. The summed E-state index contributed by atoms with van der Waals surface area (Å²) in [7, 11) is 0. The molecule has 1 aromatic carbocycles. The highest BCUT2D eigenvalue weighted by atomic mass is 16.6. The van der Waals surface area contributed by atoms with Gasteiger partial charge in [-0.25, -0.2) is 4.79 Å². The van der Waals surface area contributed by atoms with Gasteiger partial charge in [-0.2, -0.15) is 0 Å². The Morgan fingerprint density at radius 2 is 1.88 bits per heavy atom. The monoisotopic (exact) mass is 332 g/mol. The Kier molecular flexibility index (Phi) is 4.01. The van der Waals surface area contributed by atoms with Gasteiger partial charge in [0.1, 0.15) is 5.60 Å². The first kappa shape index (κ1) is 16.7. The topological polar surface area (TPSA) is 72.7 Å². The van der Waals surface area contributed by atoms with Crippen molar-refractivity contribution >= 4 is 11.8 Å². The van der Waals surface area contributed by atoms with E-state index >= 15 is 0 Å². The van der Waals surface area contributed by atoms with Gasteiger partial charge in [0.15, 0.2) is 0 Å². The number of nitro benzene ring substituents is 1. The Morgan fingerprint density at radius 1 is 1.29 bits per heavy atom. The largest absolute Gasteiger partial charge is 0.444 e. The predicted octanol–water partition coefficient (Wildman–Crippen LogP) is 4.03. The molecule has 0 saturated heterocycles. The molecule has 24 heavy (non-hydrogen) atoms. The van der Waals surface area contributed by atoms with Crippen LogP contribution in [0.3, 0.4) is 0 Å². The average Bonchev–Trinajstić information content (AvgIpc) is 3.37. The second kappa shape index (κ2) is 5.76. The number of amides is 1. The molecule has 0 unspecified atom stereocenters. The number of rotatable bonds is 5. The van der Waals surface area contributed by atoms with E-state index < -0.39 is 5.60 Å². The van der Waals surface area contributed by atoms with Gasteiger partial charge in [0.05, 0.1) is 4.92 Å². The predicted molar refractivity (Wildman–Crippen MR) is 90.0 cm³/mol. The van der Waals surface area contributed by atoms with Crippen LogP contribution in [0.4, 0.5) is 10.5 Å². The second-order valence-electron chi connectivity index (χ2n) is 7.92. The van der Waals surface area contributed by atoms with Gasteiger partial charge in [0.2, 0.25) is 0 Å². The number of hydrogen-bond donors (Lipinski definition) is 0. The highest BCUT2D eigenvalue weighted by Crippen LogP contribution is 2.50. The molecular formula is C18H24N2O4. The van der Waals surface area contributed by atoms with Crippen LogP contribution < -0.4 is 0 Å². The summed E-state index contributed by atoms with van der Waals surface area (Å²) in [6, 6.07) is 7.01. The summed E-state index contributed by atoms with van der Waals surface area (Å²) in [5, 5.41) is 10.8. The number of nitro groups is 1. The van der Waals surface area contributed by atoms with Gasteiger partial charge >= 0.3 is 6.09 Å². The minimum atomic E-state index is -0.506. The maximum absolute atomic E-state index is 12.5. The molecule has 2 aliphatic carbocycles. The Hall–Kier alpha value is -2.11. The number of ether oxygens (including phenoxy) is 1. The minimum Gasteiger partial charge on any atom is -0.444 e. The number of hydrogen-bond acceptors (Lipinski definition) is 4. The number of nitrogens with zero attached hydrogens (tertiary/aromatic N) is 2. The lowest BCUT2D eigenvalue weighted by molar-refractivity contribution is -0.384. The molecule has 3 rings (SSSR count). The van der Waals surface area contributed by atoms with Crippen molar-refractivity contribution in [3.05, 3.63) is 39.9 Å². The van der Waals surface area contributed by atoms with Crippen LogP contribution in [0.2, 0.25) is 0 Å². The molecule has 6 heteroatoms. The molecule has 0 aromatic heterocycles. The van der Waals surface area contributed by atoms with Crippen molar-refractivity contribution in [2.24, 2.45) is 0 Å². The van der Waals surface area contributed by atoms with Crippen LogP contribution in [0.25, 0.3) is 0 Å². The molecule has 1 amide bonds. The molecule has 0 atom stereocenters. The van der Waals surface area contributed by atoms with Crippen molar-refractivity contribution in [3.8, 4) is 0 Å². The maximum atomic E-state index is 12.5. The van der Waals surface area contributed by atoms with Gasteiger partial charge in [-0.3, -0.25) is 10.1 Å². The van der Waals surface area contributed by atoms with Crippen molar-refractivity contribution < 1.29 is 14.5 Å². The van der Waals surface area contributed by atoms with Crippen LogP contribution >= 0.6 is 0 Å². The zero-order valence-electron chi connectivity index (χ0n) is 14.4. The third-order valence-corrected chi connectivity index (χ3v) is 4.63. The van der Waals surface area contributed by atoms with E-state index in [1.54, 1.807) is 12.1 Å². The first-order valence-corrected chi connectivity index (χ1v) is 8.45. The zero-order valence-corrected chi connectivity index (χ0v) is 14.4. The van der Waals surface area contributed by atoms with Gasteiger partial charge in [-0.05, 0) is 52.0 Å². The van der Waals surface area contributed by atoms with Crippen LogP contribution in [0, 0.1) is 10.1 Å². The smallest absolute Gasteiger partial charge is 0.410 e. The molecule has 6 nitrogen and oxygen atoms in total. The number of benzene rings is 1. The van der Waals surface area contributed by atoms with Gasteiger partial charge in [0, 0.05) is 30.1 Å². The van der Waals surface area contributed by atoms with Gasteiger partial charge in [0.25, 0.3) is 5.69 Å². The van der Waals surface area contributed by atoms with Gasteiger partial charge in [-0.15, -0.1) is 0 Å². The summed E-state index contributed by atoms with van der Waals surface area (Å²) in [6.07, 6.45) is 3.79. The highest BCUT2D eigenvalue weighted by molar-refractivity contribution is 5.69. The lowest BCUT2D eigenvalue weighted by Crippen LogP contribution is -2.42. The highest BCUT2D eigenvalue weighted by Gasteiger charge is 2.49. The summed E-state index contributed by atoms with van der Waals surface area (Å²) in [4.78, 5) is 24.8. The zero-order chi connectivity index (χ0) is 17.5. The summed E-state index contributed by atoms with van der Waals surface area (Å²) in [5.74, 6) is 0.